The molecule has 0 saturated heterocycles. The number of hydrogen-bond acceptors (Lipinski definition) is 4. The topological polar surface area (TPSA) is 92.5 Å². The molecule has 1 fully saturated rings. The van der Waals surface area contributed by atoms with E-state index in [1.54, 1.807) is 0 Å². The SMILES string of the molecule is O=C(O)C1CCCC1Nc1cc(F)c(Cl)cc1[N+](=O)[O-]. The third kappa shape index (κ3) is 2.82. The molecule has 0 aliphatic heterocycles. The second-order valence-electron chi connectivity index (χ2n) is 4.67. The summed E-state index contributed by atoms with van der Waals surface area (Å²) in [4.78, 5) is 21.3. The smallest absolute Gasteiger partial charge is 0.308 e. The largest absolute Gasteiger partial charge is 0.481 e. The monoisotopic (exact) mass is 302 g/mol. The molecule has 108 valence electrons. The Morgan fingerprint density at radius 1 is 1.50 bits per heavy atom. The molecule has 6 nitrogen and oxygen atoms in total. The summed E-state index contributed by atoms with van der Waals surface area (Å²) in [6, 6.07) is 1.40. The van der Waals surface area contributed by atoms with Gasteiger partial charge < -0.3 is 10.4 Å². The third-order valence-corrected chi connectivity index (χ3v) is 3.70. The Hall–Kier alpha value is -1.89. The highest BCUT2D eigenvalue weighted by molar-refractivity contribution is 6.31. The fraction of sp³-hybridized carbons (Fsp3) is 0.417. The van der Waals surface area contributed by atoms with Crippen molar-refractivity contribution in [2.45, 2.75) is 25.3 Å². The van der Waals surface area contributed by atoms with Crippen molar-refractivity contribution in [3.63, 3.8) is 0 Å². The van der Waals surface area contributed by atoms with E-state index >= 15 is 0 Å². The van der Waals surface area contributed by atoms with E-state index in [-0.39, 0.29) is 16.4 Å². The second kappa shape index (κ2) is 5.62. The van der Waals surface area contributed by atoms with Crippen LogP contribution in [0.1, 0.15) is 19.3 Å². The summed E-state index contributed by atoms with van der Waals surface area (Å²) in [5.41, 5.74) is -0.414. The van der Waals surface area contributed by atoms with E-state index in [1.165, 1.54) is 0 Å². The van der Waals surface area contributed by atoms with Gasteiger partial charge in [-0.1, -0.05) is 18.0 Å². The molecule has 1 aromatic rings. The van der Waals surface area contributed by atoms with Crippen molar-refractivity contribution in [2.75, 3.05) is 5.32 Å². The van der Waals surface area contributed by atoms with E-state index in [0.29, 0.717) is 19.3 Å². The molecule has 2 N–H and O–H groups in total. The van der Waals surface area contributed by atoms with Gasteiger partial charge in [-0.25, -0.2) is 4.39 Å². The maximum atomic E-state index is 13.4. The van der Waals surface area contributed by atoms with Crippen LogP contribution in [0.5, 0.6) is 0 Å². The van der Waals surface area contributed by atoms with Gasteiger partial charge in [-0.05, 0) is 12.8 Å². The maximum Gasteiger partial charge on any atom is 0.308 e. The average Bonchev–Trinajstić information content (AvgIpc) is 2.81. The number of nitrogens with zero attached hydrogens (tertiary/aromatic N) is 1. The highest BCUT2D eigenvalue weighted by Crippen LogP contribution is 2.34. The molecular weight excluding hydrogens is 291 g/mol. The lowest BCUT2D eigenvalue weighted by Gasteiger charge is -2.19. The Bertz CT molecular complexity index is 567. The van der Waals surface area contributed by atoms with Crippen LogP contribution in [-0.2, 0) is 4.79 Å². The first-order valence-corrected chi connectivity index (χ1v) is 6.40. The first kappa shape index (κ1) is 14.5. The van der Waals surface area contributed by atoms with Gasteiger partial charge in [0.15, 0.2) is 0 Å². The van der Waals surface area contributed by atoms with Gasteiger partial charge in [-0.2, -0.15) is 0 Å². The second-order valence-corrected chi connectivity index (χ2v) is 5.07. The molecule has 1 aliphatic rings. The van der Waals surface area contributed by atoms with Crippen LogP contribution < -0.4 is 5.32 Å². The van der Waals surface area contributed by atoms with Crippen LogP contribution in [0.4, 0.5) is 15.8 Å². The zero-order chi connectivity index (χ0) is 14.9. The normalized spacial score (nSPS) is 21.7. The molecule has 0 heterocycles. The van der Waals surface area contributed by atoms with Crippen molar-refractivity contribution in [3.05, 3.63) is 33.1 Å². The minimum absolute atomic E-state index is 0.0462. The fourth-order valence-corrected chi connectivity index (χ4v) is 2.59. The molecular formula is C12H12ClFN2O4. The molecule has 20 heavy (non-hydrogen) atoms. The highest BCUT2D eigenvalue weighted by Gasteiger charge is 2.34. The average molecular weight is 303 g/mol. The number of nitro groups is 1. The Balaban J connectivity index is 2.31. The number of nitro benzene ring substituents is 1. The van der Waals surface area contributed by atoms with Gasteiger partial charge in [0.25, 0.3) is 5.69 Å². The third-order valence-electron chi connectivity index (χ3n) is 3.41. The van der Waals surface area contributed by atoms with Crippen molar-refractivity contribution in [2.24, 2.45) is 5.92 Å². The van der Waals surface area contributed by atoms with Crippen LogP contribution in [0.2, 0.25) is 5.02 Å². The molecule has 1 saturated carbocycles. The summed E-state index contributed by atoms with van der Waals surface area (Å²) >= 11 is 5.52. The summed E-state index contributed by atoms with van der Waals surface area (Å²) in [7, 11) is 0. The number of carboxylic acids is 1. The fourth-order valence-electron chi connectivity index (χ4n) is 2.43. The molecule has 0 aromatic heterocycles. The molecule has 1 aliphatic carbocycles. The first-order valence-electron chi connectivity index (χ1n) is 6.03. The minimum Gasteiger partial charge on any atom is -0.481 e. The van der Waals surface area contributed by atoms with Crippen molar-refractivity contribution < 1.29 is 19.2 Å². The number of nitrogens with one attached hydrogen (secondary N) is 1. The molecule has 0 amide bonds. The first-order chi connectivity index (χ1) is 9.40. The van der Waals surface area contributed by atoms with Crippen LogP contribution in [0.3, 0.4) is 0 Å². The number of halogens is 2. The lowest BCUT2D eigenvalue weighted by molar-refractivity contribution is -0.384. The molecule has 8 heteroatoms. The van der Waals surface area contributed by atoms with Crippen molar-refractivity contribution >= 4 is 28.9 Å². The maximum absolute atomic E-state index is 13.4. The zero-order valence-electron chi connectivity index (χ0n) is 10.3. The van der Waals surface area contributed by atoms with Gasteiger partial charge >= 0.3 is 5.97 Å². The summed E-state index contributed by atoms with van der Waals surface area (Å²) < 4.78 is 13.4. The molecule has 0 spiro atoms. The van der Waals surface area contributed by atoms with Crippen LogP contribution in [0.15, 0.2) is 12.1 Å². The van der Waals surface area contributed by atoms with Crippen LogP contribution >= 0.6 is 11.6 Å². The zero-order valence-corrected chi connectivity index (χ0v) is 11.1. The Labute approximate surface area is 118 Å². The molecule has 0 radical (unpaired) electrons. The standard InChI is InChI=1S/C12H12ClFN2O4/c13-7-4-11(16(19)20)10(5-8(7)14)15-9-3-1-2-6(9)12(17)18/h4-6,9,15H,1-3H2,(H,17,18). The molecule has 0 bridgehead atoms. The number of carboxylic acid groups (broad SMARTS) is 1. The summed E-state index contributed by atoms with van der Waals surface area (Å²) in [6.07, 6.45) is 1.77. The quantitative estimate of drug-likeness (QED) is 0.658. The van der Waals surface area contributed by atoms with Crippen molar-refractivity contribution in [1.82, 2.24) is 0 Å². The van der Waals surface area contributed by atoms with Crippen LogP contribution in [0, 0.1) is 21.8 Å². The number of hydrogen-bond donors (Lipinski definition) is 2. The van der Waals surface area contributed by atoms with Crippen molar-refractivity contribution in [1.29, 1.82) is 0 Å². The van der Waals surface area contributed by atoms with E-state index in [4.69, 9.17) is 16.7 Å². The van der Waals surface area contributed by atoms with E-state index < -0.39 is 28.7 Å². The molecule has 1 aromatic carbocycles. The number of aliphatic carboxylic acids is 1. The highest BCUT2D eigenvalue weighted by atomic mass is 35.5. The van der Waals surface area contributed by atoms with E-state index in [1.807, 2.05) is 0 Å². The number of anilines is 1. The van der Waals surface area contributed by atoms with Gasteiger partial charge in [0.1, 0.15) is 11.5 Å². The van der Waals surface area contributed by atoms with Gasteiger partial charge in [-0.3, -0.25) is 14.9 Å². The summed E-state index contributed by atoms with van der Waals surface area (Å²) in [5, 5.41) is 22.4. The molecule has 2 unspecified atom stereocenters. The van der Waals surface area contributed by atoms with Crippen molar-refractivity contribution in [3.8, 4) is 0 Å². The lowest BCUT2D eigenvalue weighted by Crippen LogP contribution is -2.30. The van der Waals surface area contributed by atoms with Gasteiger partial charge in [0.05, 0.1) is 15.9 Å². The van der Waals surface area contributed by atoms with E-state index in [0.717, 1.165) is 12.1 Å². The molecule has 2 rings (SSSR count). The van der Waals surface area contributed by atoms with Gasteiger partial charge in [0, 0.05) is 18.2 Å². The minimum atomic E-state index is -0.961. The number of rotatable bonds is 4. The lowest BCUT2D eigenvalue weighted by atomic mass is 10.0. The summed E-state index contributed by atoms with van der Waals surface area (Å²) in [6.45, 7) is 0. The van der Waals surface area contributed by atoms with Gasteiger partial charge in [0.2, 0.25) is 0 Å². The van der Waals surface area contributed by atoms with Crippen LogP contribution in [-0.4, -0.2) is 22.0 Å². The molecule has 2 atom stereocenters. The Morgan fingerprint density at radius 2 is 2.20 bits per heavy atom. The summed E-state index contributed by atoms with van der Waals surface area (Å²) in [5.74, 6) is -2.38. The predicted octanol–water partition coefficient (Wildman–Crippen LogP) is 3.05. The van der Waals surface area contributed by atoms with Gasteiger partial charge in [-0.15, -0.1) is 0 Å². The number of benzene rings is 1. The number of carbonyl (C=O) groups is 1. The van der Waals surface area contributed by atoms with E-state index in [9.17, 15) is 19.3 Å². The van der Waals surface area contributed by atoms with E-state index in [2.05, 4.69) is 5.32 Å². The van der Waals surface area contributed by atoms with Crippen LogP contribution in [0.25, 0.3) is 0 Å². The predicted molar refractivity (Wildman–Crippen MR) is 70.5 cm³/mol. The Morgan fingerprint density at radius 3 is 2.80 bits per heavy atom. The Kier molecular flexibility index (Phi) is 4.08.